The van der Waals surface area contributed by atoms with Gasteiger partial charge in [-0.15, -0.1) is 0 Å². The predicted molar refractivity (Wildman–Crippen MR) is 71.4 cm³/mol. The van der Waals surface area contributed by atoms with E-state index in [2.05, 4.69) is 20.9 Å². The summed E-state index contributed by atoms with van der Waals surface area (Å²) >= 11 is 9.25. The van der Waals surface area contributed by atoms with Gasteiger partial charge in [0.2, 0.25) is 0 Å². The second kappa shape index (κ2) is 5.49. The molecule has 88 valence electrons. The molecule has 0 aliphatic carbocycles. The zero-order valence-electron chi connectivity index (χ0n) is 8.86. The lowest BCUT2D eigenvalue weighted by atomic mass is 10.3. The van der Waals surface area contributed by atoms with Gasteiger partial charge in [-0.2, -0.15) is 0 Å². The lowest BCUT2D eigenvalue weighted by Gasteiger charge is -2.08. The summed E-state index contributed by atoms with van der Waals surface area (Å²) in [6.07, 6.45) is 1.67. The first-order chi connectivity index (χ1) is 8.19. The van der Waals surface area contributed by atoms with Crippen LogP contribution in [-0.2, 0) is 6.54 Å². The second-order valence-corrected chi connectivity index (χ2v) is 4.65. The molecular weight excluding hydrogens is 304 g/mol. The molecule has 2 rings (SSSR count). The highest BCUT2D eigenvalue weighted by Gasteiger charge is 2.04. The van der Waals surface area contributed by atoms with Crippen molar-refractivity contribution in [1.82, 2.24) is 4.98 Å². The van der Waals surface area contributed by atoms with E-state index in [1.807, 2.05) is 0 Å². The number of benzene rings is 1. The second-order valence-electron chi connectivity index (χ2n) is 3.36. The van der Waals surface area contributed by atoms with E-state index < -0.39 is 0 Å². The van der Waals surface area contributed by atoms with Crippen LogP contribution in [0.4, 0.5) is 0 Å². The van der Waals surface area contributed by atoms with Gasteiger partial charge in [0, 0.05) is 23.8 Å². The highest BCUT2D eigenvalue weighted by Crippen LogP contribution is 2.31. The maximum absolute atomic E-state index is 5.86. The number of nitrogens with zero attached hydrogens (tertiary/aromatic N) is 1. The molecule has 0 amide bonds. The topological polar surface area (TPSA) is 48.1 Å². The molecule has 1 heterocycles. The van der Waals surface area contributed by atoms with Gasteiger partial charge in [0.25, 0.3) is 0 Å². The lowest BCUT2D eigenvalue weighted by molar-refractivity contribution is 0.478. The molecule has 17 heavy (non-hydrogen) atoms. The van der Waals surface area contributed by atoms with Crippen LogP contribution in [0, 0.1) is 0 Å². The molecule has 2 N–H and O–H groups in total. The van der Waals surface area contributed by atoms with Crippen molar-refractivity contribution in [2.75, 3.05) is 0 Å². The van der Waals surface area contributed by atoms with Crippen molar-refractivity contribution in [3.05, 3.63) is 51.7 Å². The third-order valence-electron chi connectivity index (χ3n) is 2.12. The van der Waals surface area contributed by atoms with E-state index in [9.17, 15) is 0 Å². The summed E-state index contributed by atoms with van der Waals surface area (Å²) in [4.78, 5) is 4.10. The van der Waals surface area contributed by atoms with E-state index in [1.165, 1.54) is 0 Å². The van der Waals surface area contributed by atoms with Gasteiger partial charge in [0.05, 0.1) is 10.2 Å². The molecule has 5 heteroatoms. The Hall–Kier alpha value is -1.10. The molecule has 0 unspecified atom stereocenters. The van der Waals surface area contributed by atoms with Crippen molar-refractivity contribution >= 4 is 27.5 Å². The van der Waals surface area contributed by atoms with Crippen LogP contribution in [0.5, 0.6) is 11.5 Å². The normalized spacial score (nSPS) is 10.3. The molecule has 0 saturated carbocycles. The van der Waals surface area contributed by atoms with Crippen molar-refractivity contribution in [2.45, 2.75) is 6.54 Å². The molecule has 0 spiro atoms. The molecule has 3 nitrogen and oxygen atoms in total. The van der Waals surface area contributed by atoms with Gasteiger partial charge in [-0.3, -0.25) is 4.98 Å². The van der Waals surface area contributed by atoms with Crippen molar-refractivity contribution in [3.63, 3.8) is 0 Å². The molecule has 0 fully saturated rings. The number of ether oxygens (including phenoxy) is 1. The number of halogens is 2. The fourth-order valence-electron chi connectivity index (χ4n) is 1.32. The zero-order valence-corrected chi connectivity index (χ0v) is 11.2. The Morgan fingerprint density at radius 2 is 2.12 bits per heavy atom. The maximum Gasteiger partial charge on any atom is 0.141 e. The predicted octanol–water partition coefficient (Wildman–Crippen LogP) is 3.75. The summed E-state index contributed by atoms with van der Waals surface area (Å²) in [6.45, 7) is 0.388. The van der Waals surface area contributed by atoms with Crippen molar-refractivity contribution in [2.24, 2.45) is 5.73 Å². The van der Waals surface area contributed by atoms with Gasteiger partial charge in [-0.05, 0) is 40.2 Å². The standard InChI is InChI=1S/C12H10BrClN2O/c13-11-5-8(14)1-2-12(11)17-10-3-4-16-9(6-10)7-15/h1-6H,7,15H2. The van der Waals surface area contributed by atoms with E-state index in [1.54, 1.807) is 36.5 Å². The fourth-order valence-corrected chi connectivity index (χ4v) is 2.08. The average Bonchev–Trinajstić information content (AvgIpc) is 2.33. The van der Waals surface area contributed by atoms with Crippen LogP contribution < -0.4 is 10.5 Å². The summed E-state index contributed by atoms with van der Waals surface area (Å²) in [5.74, 6) is 1.40. The van der Waals surface area contributed by atoms with Crippen LogP contribution in [0.3, 0.4) is 0 Å². The molecular formula is C12H10BrClN2O. The molecule has 1 aromatic heterocycles. The smallest absolute Gasteiger partial charge is 0.141 e. The minimum absolute atomic E-state index is 0.388. The molecule has 0 atom stereocenters. The number of aromatic nitrogens is 1. The SMILES string of the molecule is NCc1cc(Oc2ccc(Cl)cc2Br)ccn1. The van der Waals surface area contributed by atoms with Crippen LogP contribution >= 0.6 is 27.5 Å². The van der Waals surface area contributed by atoms with Gasteiger partial charge in [0.1, 0.15) is 11.5 Å². The summed E-state index contributed by atoms with van der Waals surface area (Å²) < 4.78 is 6.51. The molecule has 2 aromatic rings. The minimum atomic E-state index is 0.388. The quantitative estimate of drug-likeness (QED) is 0.939. The van der Waals surface area contributed by atoms with E-state index in [-0.39, 0.29) is 0 Å². The molecule has 0 saturated heterocycles. The average molecular weight is 314 g/mol. The monoisotopic (exact) mass is 312 g/mol. The van der Waals surface area contributed by atoms with E-state index in [0.29, 0.717) is 23.1 Å². The summed E-state index contributed by atoms with van der Waals surface area (Å²) in [5, 5.41) is 0.654. The van der Waals surface area contributed by atoms with Crippen molar-refractivity contribution < 1.29 is 4.74 Å². The van der Waals surface area contributed by atoms with Crippen LogP contribution in [0.2, 0.25) is 5.02 Å². The fraction of sp³-hybridized carbons (Fsp3) is 0.0833. The lowest BCUT2D eigenvalue weighted by Crippen LogP contribution is -1.99. The first-order valence-electron chi connectivity index (χ1n) is 4.97. The number of pyridine rings is 1. The number of rotatable bonds is 3. The molecule has 0 radical (unpaired) electrons. The summed E-state index contributed by atoms with van der Waals surface area (Å²) in [6, 6.07) is 8.94. The molecule has 1 aromatic carbocycles. The van der Waals surface area contributed by atoms with Crippen LogP contribution in [-0.4, -0.2) is 4.98 Å². The van der Waals surface area contributed by atoms with Gasteiger partial charge >= 0.3 is 0 Å². The molecule has 0 bridgehead atoms. The largest absolute Gasteiger partial charge is 0.456 e. The Labute approximate surface area is 113 Å². The summed E-state index contributed by atoms with van der Waals surface area (Å²) in [5.41, 5.74) is 6.30. The third-order valence-corrected chi connectivity index (χ3v) is 2.97. The van der Waals surface area contributed by atoms with Crippen molar-refractivity contribution in [1.29, 1.82) is 0 Å². The van der Waals surface area contributed by atoms with Crippen LogP contribution in [0.1, 0.15) is 5.69 Å². The maximum atomic E-state index is 5.86. The van der Waals surface area contributed by atoms with Gasteiger partial charge in [-0.1, -0.05) is 11.6 Å². The van der Waals surface area contributed by atoms with Crippen LogP contribution in [0.25, 0.3) is 0 Å². The Kier molecular flexibility index (Phi) is 3.99. The Bertz CT molecular complexity index is 534. The van der Waals surface area contributed by atoms with Gasteiger partial charge in [-0.25, -0.2) is 0 Å². The first kappa shape index (κ1) is 12.4. The van der Waals surface area contributed by atoms with E-state index in [0.717, 1.165) is 10.2 Å². The van der Waals surface area contributed by atoms with Crippen LogP contribution in [0.15, 0.2) is 41.0 Å². The first-order valence-corrected chi connectivity index (χ1v) is 6.14. The summed E-state index contributed by atoms with van der Waals surface area (Å²) in [7, 11) is 0. The van der Waals surface area contributed by atoms with E-state index in [4.69, 9.17) is 22.1 Å². The number of nitrogens with two attached hydrogens (primary N) is 1. The number of hydrogen-bond donors (Lipinski definition) is 1. The highest BCUT2D eigenvalue weighted by atomic mass is 79.9. The minimum Gasteiger partial charge on any atom is -0.456 e. The van der Waals surface area contributed by atoms with E-state index >= 15 is 0 Å². The Balaban J connectivity index is 2.25. The molecule has 0 aliphatic heterocycles. The zero-order chi connectivity index (χ0) is 12.3. The van der Waals surface area contributed by atoms with Gasteiger partial charge in [0.15, 0.2) is 0 Å². The highest BCUT2D eigenvalue weighted by molar-refractivity contribution is 9.10. The van der Waals surface area contributed by atoms with Crippen molar-refractivity contribution in [3.8, 4) is 11.5 Å². The third kappa shape index (κ3) is 3.19. The Morgan fingerprint density at radius 1 is 1.29 bits per heavy atom. The van der Waals surface area contributed by atoms with Gasteiger partial charge < -0.3 is 10.5 Å². The molecule has 0 aliphatic rings. The Morgan fingerprint density at radius 3 is 2.82 bits per heavy atom. The number of hydrogen-bond acceptors (Lipinski definition) is 3.